The Balaban J connectivity index is 0.000000172. The molecule has 0 aliphatic heterocycles. The number of aliphatic hydroxyl groups excluding tert-OH is 2. The van der Waals surface area contributed by atoms with Crippen molar-refractivity contribution in [1.82, 2.24) is 19.9 Å². The highest BCUT2D eigenvalue weighted by atomic mass is 16.3. The van der Waals surface area contributed by atoms with E-state index in [1.54, 1.807) is 49.3 Å². The van der Waals surface area contributed by atoms with Crippen LogP contribution in [0.15, 0.2) is 73.6 Å². The zero-order chi connectivity index (χ0) is 39.7. The van der Waals surface area contributed by atoms with E-state index in [2.05, 4.69) is 42.7 Å². The van der Waals surface area contributed by atoms with Gasteiger partial charge in [0.1, 0.15) is 11.6 Å². The van der Waals surface area contributed by atoms with Crippen LogP contribution in [0.25, 0.3) is 43.8 Å². The highest BCUT2D eigenvalue weighted by Crippen LogP contribution is 2.41. The van der Waals surface area contributed by atoms with Gasteiger partial charge in [0.2, 0.25) is 11.8 Å². The molecular formula is C42H38N10O4. The molecule has 4 aromatic heterocycles. The molecule has 0 saturated heterocycles. The van der Waals surface area contributed by atoms with E-state index in [0.717, 1.165) is 44.2 Å². The van der Waals surface area contributed by atoms with Gasteiger partial charge in [-0.05, 0) is 96.1 Å². The van der Waals surface area contributed by atoms with E-state index in [4.69, 9.17) is 22.0 Å². The first-order valence-corrected chi connectivity index (χ1v) is 17.9. The van der Waals surface area contributed by atoms with Crippen LogP contribution in [-0.4, -0.2) is 42.0 Å². The highest BCUT2D eigenvalue weighted by Gasteiger charge is 2.44. The molecule has 0 unspecified atom stereocenters. The Kier molecular flexibility index (Phi) is 10.3. The summed E-state index contributed by atoms with van der Waals surface area (Å²) in [7, 11) is 0. The molecule has 56 heavy (non-hydrogen) atoms. The maximum absolute atomic E-state index is 12.2. The predicted octanol–water partition coefficient (Wildman–Crippen LogP) is 5.56. The molecule has 8 N–H and O–H groups in total. The quantitative estimate of drug-likeness (QED) is 0.105. The molecule has 0 bridgehead atoms. The van der Waals surface area contributed by atoms with Crippen molar-refractivity contribution < 1.29 is 19.8 Å². The number of nitrogens with zero attached hydrogens (tertiary/aromatic N) is 6. The van der Waals surface area contributed by atoms with Crippen LogP contribution in [0.2, 0.25) is 0 Å². The molecule has 4 heterocycles. The van der Waals surface area contributed by atoms with Crippen LogP contribution in [0.4, 0.5) is 23.0 Å². The van der Waals surface area contributed by atoms with Crippen molar-refractivity contribution in [2.24, 2.45) is 23.7 Å². The molecule has 2 aliphatic carbocycles. The minimum absolute atomic E-state index is 0.193. The summed E-state index contributed by atoms with van der Waals surface area (Å²) < 4.78 is 0. The van der Waals surface area contributed by atoms with Crippen LogP contribution in [-0.2, 0) is 22.8 Å². The summed E-state index contributed by atoms with van der Waals surface area (Å²) in [5.74, 6) is -0.511. The van der Waals surface area contributed by atoms with E-state index in [1.165, 1.54) is 0 Å². The lowest BCUT2D eigenvalue weighted by molar-refractivity contribution is -0.118. The van der Waals surface area contributed by atoms with E-state index in [0.29, 0.717) is 57.8 Å². The number of aromatic nitrogens is 4. The van der Waals surface area contributed by atoms with Gasteiger partial charge in [-0.25, -0.2) is 9.97 Å². The van der Waals surface area contributed by atoms with E-state index in [9.17, 15) is 19.8 Å². The summed E-state index contributed by atoms with van der Waals surface area (Å²) >= 11 is 0. The fourth-order valence-electron chi connectivity index (χ4n) is 6.87. The summed E-state index contributed by atoms with van der Waals surface area (Å²) in [6.07, 6.45) is 11.3. The number of nitrogens with one attached hydrogen (secondary N) is 2. The highest BCUT2D eigenvalue weighted by molar-refractivity contribution is 6.03. The molecule has 4 atom stereocenters. The topological polar surface area (TPSA) is 250 Å². The predicted molar refractivity (Wildman–Crippen MR) is 212 cm³/mol. The van der Waals surface area contributed by atoms with Gasteiger partial charge in [0, 0.05) is 81.6 Å². The number of pyridine rings is 4. The third-order valence-corrected chi connectivity index (χ3v) is 10.4. The number of nitriles is 2. The van der Waals surface area contributed by atoms with Gasteiger partial charge < -0.3 is 32.3 Å². The molecule has 0 spiro atoms. The number of aryl methyl sites for hydroxylation is 2. The maximum Gasteiger partial charge on any atom is 0.230 e. The van der Waals surface area contributed by atoms with Gasteiger partial charge >= 0.3 is 0 Å². The van der Waals surface area contributed by atoms with E-state index in [1.807, 2.05) is 38.1 Å². The number of amides is 2. The normalized spacial score (nSPS) is 17.9. The summed E-state index contributed by atoms with van der Waals surface area (Å²) in [4.78, 5) is 41.3. The van der Waals surface area contributed by atoms with Gasteiger partial charge in [-0.15, -0.1) is 0 Å². The number of nitrogen functional groups attached to an aromatic ring is 2. The lowest BCUT2D eigenvalue weighted by Crippen LogP contribution is -2.15. The van der Waals surface area contributed by atoms with Crippen LogP contribution in [0.1, 0.15) is 35.1 Å². The zero-order valence-corrected chi connectivity index (χ0v) is 30.6. The van der Waals surface area contributed by atoms with Crippen molar-refractivity contribution in [3.05, 3.63) is 95.8 Å². The van der Waals surface area contributed by atoms with Crippen LogP contribution >= 0.6 is 0 Å². The van der Waals surface area contributed by atoms with E-state index < -0.39 is 0 Å². The van der Waals surface area contributed by atoms with Gasteiger partial charge in [0.05, 0.1) is 49.0 Å². The first-order chi connectivity index (χ1) is 27.1. The molecule has 2 fully saturated rings. The molecular weight excluding hydrogens is 709 g/mol. The Labute approximate surface area is 321 Å². The molecule has 280 valence electrons. The lowest BCUT2D eigenvalue weighted by atomic mass is 9.93. The number of nitrogens with two attached hydrogens (primary N) is 2. The molecule has 8 rings (SSSR count). The third-order valence-electron chi connectivity index (χ3n) is 10.4. The fourth-order valence-corrected chi connectivity index (χ4v) is 6.87. The molecule has 14 heteroatoms. The zero-order valence-electron chi connectivity index (χ0n) is 30.6. The van der Waals surface area contributed by atoms with Crippen molar-refractivity contribution in [3.8, 4) is 34.4 Å². The number of carbonyl (C=O) groups excluding carboxylic acids is 2. The Morgan fingerprint density at radius 2 is 1.11 bits per heavy atom. The summed E-state index contributed by atoms with van der Waals surface area (Å²) in [5, 5.41) is 46.1. The van der Waals surface area contributed by atoms with Gasteiger partial charge in [-0.1, -0.05) is 0 Å². The Bertz CT molecular complexity index is 2450. The van der Waals surface area contributed by atoms with Crippen molar-refractivity contribution >= 4 is 56.4 Å². The summed E-state index contributed by atoms with van der Waals surface area (Å²) in [6.45, 7) is 3.53. The molecule has 2 aliphatic rings. The number of aliphatic hydroxyl groups is 2. The molecule has 6 aromatic rings. The van der Waals surface area contributed by atoms with E-state index >= 15 is 0 Å². The van der Waals surface area contributed by atoms with Gasteiger partial charge in [0.15, 0.2) is 0 Å². The van der Waals surface area contributed by atoms with Gasteiger partial charge in [0.25, 0.3) is 0 Å². The van der Waals surface area contributed by atoms with Gasteiger partial charge in [-0.3, -0.25) is 19.6 Å². The summed E-state index contributed by atoms with van der Waals surface area (Å²) in [6, 6.07) is 15.4. The molecule has 14 nitrogen and oxygen atoms in total. The average Bonchev–Trinajstić information content (AvgIpc) is 4.14. The monoisotopic (exact) mass is 746 g/mol. The smallest absolute Gasteiger partial charge is 0.230 e. The van der Waals surface area contributed by atoms with Crippen molar-refractivity contribution in [3.63, 3.8) is 0 Å². The largest absolute Gasteiger partial charge is 0.398 e. The van der Waals surface area contributed by atoms with E-state index in [-0.39, 0.29) is 48.7 Å². The average molecular weight is 747 g/mol. The van der Waals surface area contributed by atoms with Crippen LogP contribution in [0, 0.1) is 60.2 Å². The first-order valence-electron chi connectivity index (χ1n) is 17.9. The molecule has 2 saturated carbocycles. The fraction of sp³-hybridized carbons (Fsp3) is 0.238. The Morgan fingerprint density at radius 1 is 0.696 bits per heavy atom. The number of hydrogen-bond donors (Lipinski definition) is 6. The number of rotatable bonds is 8. The van der Waals surface area contributed by atoms with Crippen molar-refractivity contribution in [2.75, 3.05) is 22.1 Å². The van der Waals surface area contributed by atoms with Crippen LogP contribution in [0.5, 0.6) is 0 Å². The minimum atomic E-state index is -0.266. The first kappa shape index (κ1) is 37.3. The standard InChI is InChI=1S/2C21H19N5O2/c2*1-11-2-3-24-8-16(11)15-4-12-6-19(26-21(28)14-5-13(14)7-22)25-9-17(12)20(23)18(15)10-27/h2*2-4,6,8-9,13-14,27H,5,10,23H2,1H3,(H,25,26,28)/t2*13-,14+/m10/s1. The van der Waals surface area contributed by atoms with Crippen molar-refractivity contribution in [1.29, 1.82) is 10.5 Å². The third kappa shape index (κ3) is 7.27. The second-order valence-corrected chi connectivity index (χ2v) is 14.0. The maximum atomic E-state index is 12.2. The Morgan fingerprint density at radius 3 is 1.45 bits per heavy atom. The SMILES string of the molecule is Cc1ccncc1-c1cc2cc(NC(=O)[C@@H]3C[C@H]3C#N)ncc2c(N)c1CO.Cc1ccncc1-c1cc2cc(NC(=O)[C@H]3C[C@@H]3C#N)ncc2c(N)c1CO. The summed E-state index contributed by atoms with van der Waals surface area (Å²) in [5.41, 5.74) is 20.2. The number of benzene rings is 2. The Hall–Kier alpha value is -7.00. The van der Waals surface area contributed by atoms with Gasteiger partial charge in [-0.2, -0.15) is 10.5 Å². The number of anilines is 4. The molecule has 2 aromatic carbocycles. The second kappa shape index (κ2) is 15.4. The second-order valence-electron chi connectivity index (χ2n) is 14.0. The van der Waals surface area contributed by atoms with Crippen LogP contribution < -0.4 is 22.1 Å². The number of hydrogen-bond acceptors (Lipinski definition) is 12. The lowest BCUT2D eigenvalue weighted by Gasteiger charge is -2.16. The number of fused-ring (bicyclic) bond motifs is 2. The van der Waals surface area contributed by atoms with Crippen molar-refractivity contribution in [2.45, 2.75) is 39.9 Å². The van der Waals surface area contributed by atoms with Crippen LogP contribution in [0.3, 0.4) is 0 Å². The number of carbonyl (C=O) groups is 2. The minimum Gasteiger partial charge on any atom is -0.398 e. The molecule has 0 radical (unpaired) electrons. The molecule has 2 amide bonds.